The van der Waals surface area contributed by atoms with Gasteiger partial charge in [-0.05, 0) is 52.3 Å². The van der Waals surface area contributed by atoms with E-state index in [-0.39, 0.29) is 22.5 Å². The third-order valence-corrected chi connectivity index (χ3v) is 10.2. The van der Waals surface area contributed by atoms with Crippen molar-refractivity contribution in [3.63, 3.8) is 0 Å². The van der Waals surface area contributed by atoms with Gasteiger partial charge in [0.25, 0.3) is 0 Å². The van der Waals surface area contributed by atoms with Gasteiger partial charge in [0, 0.05) is 68.2 Å². The number of phenolic OH excluding ortho intramolecular Hbond substituents is 1. The van der Waals surface area contributed by atoms with E-state index < -0.39 is 5.41 Å². The van der Waals surface area contributed by atoms with Crippen LogP contribution >= 0.6 is 0 Å². The number of fused-ring (bicyclic) bond motifs is 1. The molecule has 0 radical (unpaired) electrons. The van der Waals surface area contributed by atoms with Crippen LogP contribution in [0.2, 0.25) is 0 Å². The van der Waals surface area contributed by atoms with E-state index in [1.807, 2.05) is 35.2 Å². The summed E-state index contributed by atoms with van der Waals surface area (Å²) in [5.74, 6) is 0.694. The zero-order chi connectivity index (χ0) is 34.1. The fraction of sp³-hybridized carbons (Fsp3) is 0.525. The lowest BCUT2D eigenvalue weighted by Gasteiger charge is -2.35. The number of hydrogen-bond acceptors (Lipinski definition) is 7. The molecule has 0 bridgehead atoms. The van der Waals surface area contributed by atoms with Crippen molar-refractivity contribution in [3.05, 3.63) is 88.5 Å². The van der Waals surface area contributed by atoms with Gasteiger partial charge >= 0.3 is 0 Å². The Morgan fingerprint density at radius 1 is 0.708 bits per heavy atom. The molecule has 1 unspecified atom stereocenters. The second-order valence-corrected chi connectivity index (χ2v) is 15.4. The van der Waals surface area contributed by atoms with E-state index in [1.165, 1.54) is 0 Å². The van der Waals surface area contributed by atoms with E-state index in [2.05, 4.69) is 75.6 Å². The van der Waals surface area contributed by atoms with Crippen LogP contribution in [0.25, 0.3) is 0 Å². The predicted octanol–water partition coefficient (Wildman–Crippen LogP) is 5.71. The number of phenols is 1. The van der Waals surface area contributed by atoms with Gasteiger partial charge in [0.15, 0.2) is 0 Å². The Balaban J connectivity index is 1.55. The minimum absolute atomic E-state index is 0.0672. The number of para-hydroxylation sites is 1. The number of anilines is 1. The number of hydrogen-bond donors (Lipinski definition) is 1. The first kappa shape index (κ1) is 34.4. The maximum absolute atomic E-state index is 15.6. The topological polar surface area (TPSA) is 74.7 Å². The Hall–Kier alpha value is -3.43. The van der Waals surface area contributed by atoms with Crippen molar-refractivity contribution in [3.8, 4) is 11.5 Å². The molecule has 1 N–H and O–H groups in total. The fourth-order valence-corrected chi connectivity index (χ4v) is 7.23. The highest BCUT2D eigenvalue weighted by Gasteiger charge is 2.56. The number of carbonyl (C=O) groups excluding carboxylic acids is 1. The first-order chi connectivity index (χ1) is 22.9. The van der Waals surface area contributed by atoms with Gasteiger partial charge in [-0.2, -0.15) is 0 Å². The Labute approximate surface area is 286 Å². The Kier molecular flexibility index (Phi) is 9.92. The molecule has 1 amide bonds. The molecule has 8 heteroatoms. The third kappa shape index (κ3) is 6.73. The molecule has 3 aliphatic rings. The summed E-state index contributed by atoms with van der Waals surface area (Å²) in [7, 11) is 0. The SMILES string of the molecule is CC(C)(C)c1ccc(O)c(C2(c3cc(C(C)(C)C)ccc3OCCN3CCOCC3)C(=O)N(CCN3CCOCC3)c3ccccc32)c1. The van der Waals surface area contributed by atoms with Gasteiger partial charge in [-0.15, -0.1) is 0 Å². The smallest absolute Gasteiger partial charge is 0.247 e. The second kappa shape index (κ2) is 13.8. The minimum Gasteiger partial charge on any atom is -0.508 e. The first-order valence-corrected chi connectivity index (χ1v) is 17.5. The predicted molar refractivity (Wildman–Crippen MR) is 191 cm³/mol. The van der Waals surface area contributed by atoms with Crippen LogP contribution in [0.5, 0.6) is 11.5 Å². The molecule has 0 saturated carbocycles. The van der Waals surface area contributed by atoms with E-state index in [9.17, 15) is 5.11 Å². The summed E-state index contributed by atoms with van der Waals surface area (Å²) in [5, 5.41) is 11.9. The molecule has 3 heterocycles. The summed E-state index contributed by atoms with van der Waals surface area (Å²) < 4.78 is 17.9. The normalized spacial score (nSPS) is 21.0. The zero-order valence-electron chi connectivity index (χ0n) is 29.7. The molecule has 0 aliphatic carbocycles. The lowest BCUT2D eigenvalue weighted by molar-refractivity contribution is -0.120. The van der Waals surface area contributed by atoms with Crippen LogP contribution in [0.4, 0.5) is 5.69 Å². The van der Waals surface area contributed by atoms with Crippen LogP contribution < -0.4 is 9.64 Å². The van der Waals surface area contributed by atoms with Crippen LogP contribution in [0.3, 0.4) is 0 Å². The van der Waals surface area contributed by atoms with Crippen molar-refractivity contribution >= 4 is 11.6 Å². The van der Waals surface area contributed by atoms with Gasteiger partial charge in [-0.25, -0.2) is 0 Å². The van der Waals surface area contributed by atoms with Gasteiger partial charge in [-0.1, -0.05) is 71.9 Å². The van der Waals surface area contributed by atoms with Gasteiger partial charge in [0.2, 0.25) is 5.91 Å². The quantitative estimate of drug-likeness (QED) is 0.317. The standard InChI is InChI=1S/C40H53N3O5/c1-38(2,3)29-11-13-35(44)32(27-29)40(31-9-7-8-10-34(31)43(37(40)45)16-15-41-17-22-46-23-18-41)33-28-30(39(4,5)6)12-14-36(33)48-26-21-42-19-24-47-25-20-42/h7-14,27-28,44H,15-26H2,1-6H3. The molecular formula is C40H53N3O5. The van der Waals surface area contributed by atoms with Crippen LogP contribution in [0.1, 0.15) is 69.4 Å². The molecule has 0 aromatic heterocycles. The van der Waals surface area contributed by atoms with Gasteiger partial charge in [0.1, 0.15) is 23.5 Å². The minimum atomic E-state index is -1.33. The van der Waals surface area contributed by atoms with Gasteiger partial charge < -0.3 is 24.2 Å². The van der Waals surface area contributed by atoms with Crippen LogP contribution in [-0.2, 0) is 30.5 Å². The van der Waals surface area contributed by atoms with Crippen molar-refractivity contribution < 1.29 is 24.1 Å². The monoisotopic (exact) mass is 655 g/mol. The number of carbonyl (C=O) groups is 1. The summed E-state index contributed by atoms with van der Waals surface area (Å²) >= 11 is 0. The van der Waals surface area contributed by atoms with E-state index in [0.717, 1.165) is 80.4 Å². The van der Waals surface area contributed by atoms with Crippen molar-refractivity contribution in [2.45, 2.75) is 57.8 Å². The molecule has 8 nitrogen and oxygen atoms in total. The summed E-state index contributed by atoms with van der Waals surface area (Å²) in [4.78, 5) is 22.2. The number of ether oxygens (including phenoxy) is 3. The van der Waals surface area contributed by atoms with E-state index in [0.29, 0.717) is 37.7 Å². The second-order valence-electron chi connectivity index (χ2n) is 15.4. The van der Waals surface area contributed by atoms with Crippen molar-refractivity contribution in [2.24, 2.45) is 0 Å². The molecule has 1 atom stereocenters. The highest BCUT2D eigenvalue weighted by atomic mass is 16.5. The Bertz CT molecular complexity index is 1600. The number of amides is 1. The van der Waals surface area contributed by atoms with Crippen LogP contribution in [-0.4, -0.2) is 99.7 Å². The van der Waals surface area contributed by atoms with E-state index >= 15 is 4.79 Å². The molecule has 0 spiro atoms. The fourth-order valence-electron chi connectivity index (χ4n) is 7.23. The van der Waals surface area contributed by atoms with Gasteiger partial charge in [-0.3, -0.25) is 14.6 Å². The highest BCUT2D eigenvalue weighted by Crippen LogP contribution is 2.55. The van der Waals surface area contributed by atoms with Crippen molar-refractivity contribution in [1.82, 2.24) is 9.80 Å². The molecule has 258 valence electrons. The van der Waals surface area contributed by atoms with Gasteiger partial charge in [0.05, 0.1) is 26.4 Å². The lowest BCUT2D eigenvalue weighted by Crippen LogP contribution is -2.46. The molecule has 6 rings (SSSR count). The number of nitrogens with zero attached hydrogens (tertiary/aromatic N) is 3. The number of aromatic hydroxyl groups is 1. The van der Waals surface area contributed by atoms with Crippen LogP contribution in [0.15, 0.2) is 60.7 Å². The molecule has 2 fully saturated rings. The Morgan fingerprint density at radius 2 is 1.27 bits per heavy atom. The molecule has 2 saturated heterocycles. The van der Waals surface area contributed by atoms with E-state index in [1.54, 1.807) is 6.07 Å². The largest absolute Gasteiger partial charge is 0.508 e. The Morgan fingerprint density at radius 3 is 1.90 bits per heavy atom. The number of rotatable bonds is 9. The van der Waals surface area contributed by atoms with Crippen LogP contribution in [0, 0.1) is 0 Å². The zero-order valence-corrected chi connectivity index (χ0v) is 29.7. The lowest BCUT2D eigenvalue weighted by atomic mass is 9.67. The number of morpholine rings is 2. The summed E-state index contributed by atoms with van der Waals surface area (Å²) in [6.07, 6.45) is 0. The summed E-state index contributed by atoms with van der Waals surface area (Å²) in [6, 6.07) is 20.2. The maximum Gasteiger partial charge on any atom is 0.247 e. The first-order valence-electron chi connectivity index (χ1n) is 17.5. The highest BCUT2D eigenvalue weighted by molar-refractivity contribution is 6.13. The summed E-state index contributed by atoms with van der Waals surface area (Å²) in [6.45, 7) is 21.9. The third-order valence-electron chi connectivity index (χ3n) is 10.2. The molecule has 3 aromatic carbocycles. The maximum atomic E-state index is 15.6. The van der Waals surface area contributed by atoms with Crippen molar-refractivity contribution in [2.75, 3.05) is 83.7 Å². The number of benzene rings is 3. The molecule has 3 aromatic rings. The average Bonchev–Trinajstić information content (AvgIpc) is 3.31. The summed E-state index contributed by atoms with van der Waals surface area (Å²) in [5.41, 5.74) is 3.52. The van der Waals surface area contributed by atoms with Crippen molar-refractivity contribution in [1.29, 1.82) is 0 Å². The van der Waals surface area contributed by atoms with E-state index in [4.69, 9.17) is 14.2 Å². The average molecular weight is 656 g/mol. The molecule has 48 heavy (non-hydrogen) atoms. The molecule has 3 aliphatic heterocycles. The molecular weight excluding hydrogens is 602 g/mol.